The van der Waals surface area contributed by atoms with Crippen LogP contribution >= 0.6 is 0 Å². The summed E-state index contributed by atoms with van der Waals surface area (Å²) in [5.41, 5.74) is 0. The second-order valence-corrected chi connectivity index (χ2v) is 2.78. The predicted molar refractivity (Wildman–Crippen MR) is 35.6 cm³/mol. The average Bonchev–Trinajstić information content (AvgIpc) is 2.33. The zero-order chi connectivity index (χ0) is 6.10. The third kappa shape index (κ3) is 0.824. The Balaban J connectivity index is 2.03. The zero-order valence-electron chi connectivity index (χ0n) is 5.42. The van der Waals surface area contributed by atoms with E-state index in [0.29, 0.717) is 12.1 Å². The second-order valence-electron chi connectivity index (χ2n) is 2.78. The molecule has 0 bridgehead atoms. The molecule has 2 rings (SSSR count). The van der Waals surface area contributed by atoms with Crippen molar-refractivity contribution in [3.8, 4) is 0 Å². The molecule has 1 heterocycles. The van der Waals surface area contributed by atoms with Crippen LogP contribution in [0.15, 0.2) is 4.99 Å². The molecule has 0 amide bonds. The standard InChI is InChI=1S/C7H11NO/c1-2-4-7-6(3-1)8-5-9-7/h5-7H,1-4H2/t6-,7+/m1/s1. The molecular formula is C7H11NO. The monoisotopic (exact) mass is 125 g/mol. The van der Waals surface area contributed by atoms with Crippen LogP contribution in [0.25, 0.3) is 0 Å². The SMILES string of the molecule is C1=N[C@@H]2CCCC[C@@H]2O1. The van der Waals surface area contributed by atoms with Gasteiger partial charge in [-0.15, -0.1) is 0 Å². The maximum absolute atomic E-state index is 5.27. The molecule has 0 spiro atoms. The van der Waals surface area contributed by atoms with Gasteiger partial charge in [-0.25, -0.2) is 0 Å². The van der Waals surface area contributed by atoms with Gasteiger partial charge in [0.1, 0.15) is 6.10 Å². The maximum atomic E-state index is 5.27. The fourth-order valence-electron chi connectivity index (χ4n) is 1.60. The highest BCUT2D eigenvalue weighted by molar-refractivity contribution is 5.50. The third-order valence-corrected chi connectivity index (χ3v) is 2.16. The van der Waals surface area contributed by atoms with Gasteiger partial charge in [-0.05, 0) is 19.3 Å². The number of nitrogens with zero attached hydrogens (tertiary/aromatic N) is 1. The van der Waals surface area contributed by atoms with Gasteiger partial charge in [-0.3, -0.25) is 4.99 Å². The molecule has 0 unspecified atom stereocenters. The largest absolute Gasteiger partial charge is 0.478 e. The first-order valence-corrected chi connectivity index (χ1v) is 3.64. The lowest BCUT2D eigenvalue weighted by Crippen LogP contribution is -2.25. The average molecular weight is 125 g/mol. The Morgan fingerprint density at radius 1 is 1.33 bits per heavy atom. The fourth-order valence-corrected chi connectivity index (χ4v) is 1.60. The highest BCUT2D eigenvalue weighted by Gasteiger charge is 2.28. The molecule has 2 aliphatic rings. The predicted octanol–water partition coefficient (Wildman–Crippen LogP) is 1.36. The van der Waals surface area contributed by atoms with E-state index in [-0.39, 0.29) is 0 Å². The number of hydrogen-bond acceptors (Lipinski definition) is 2. The van der Waals surface area contributed by atoms with Crippen LogP contribution in [0.4, 0.5) is 0 Å². The van der Waals surface area contributed by atoms with E-state index >= 15 is 0 Å². The molecule has 0 aromatic carbocycles. The molecule has 2 nitrogen and oxygen atoms in total. The van der Waals surface area contributed by atoms with Crippen molar-refractivity contribution < 1.29 is 4.74 Å². The van der Waals surface area contributed by atoms with Crippen LogP contribution in [0.2, 0.25) is 0 Å². The van der Waals surface area contributed by atoms with Crippen LogP contribution in [0.1, 0.15) is 25.7 Å². The molecule has 2 atom stereocenters. The number of ether oxygens (including phenoxy) is 1. The van der Waals surface area contributed by atoms with Gasteiger partial charge in [0.25, 0.3) is 0 Å². The Labute approximate surface area is 54.9 Å². The Kier molecular flexibility index (Phi) is 1.18. The Bertz CT molecular complexity index is 133. The zero-order valence-corrected chi connectivity index (χ0v) is 5.42. The lowest BCUT2D eigenvalue weighted by atomic mass is 9.94. The lowest BCUT2D eigenvalue weighted by molar-refractivity contribution is 0.159. The third-order valence-electron chi connectivity index (χ3n) is 2.16. The van der Waals surface area contributed by atoms with E-state index in [9.17, 15) is 0 Å². The van der Waals surface area contributed by atoms with E-state index in [0.717, 1.165) is 0 Å². The van der Waals surface area contributed by atoms with E-state index < -0.39 is 0 Å². The first-order chi connectivity index (χ1) is 4.47. The van der Waals surface area contributed by atoms with Crippen LogP contribution in [-0.2, 0) is 4.74 Å². The normalized spacial score (nSPS) is 40.0. The summed E-state index contributed by atoms with van der Waals surface area (Å²) in [7, 11) is 0. The molecule has 0 radical (unpaired) electrons. The first kappa shape index (κ1) is 5.27. The number of fused-ring (bicyclic) bond motifs is 1. The Hall–Kier alpha value is -0.530. The molecule has 2 heteroatoms. The van der Waals surface area contributed by atoms with Gasteiger partial charge in [0.2, 0.25) is 0 Å². The molecule has 0 N–H and O–H groups in total. The molecule has 0 saturated heterocycles. The highest BCUT2D eigenvalue weighted by Crippen LogP contribution is 2.25. The lowest BCUT2D eigenvalue weighted by Gasteiger charge is -2.21. The number of aliphatic imine (C=N–C) groups is 1. The maximum Gasteiger partial charge on any atom is 0.170 e. The molecule has 50 valence electrons. The molecule has 0 aromatic heterocycles. The summed E-state index contributed by atoms with van der Waals surface area (Å²) >= 11 is 0. The van der Waals surface area contributed by atoms with E-state index in [2.05, 4.69) is 4.99 Å². The van der Waals surface area contributed by atoms with Crippen molar-refractivity contribution in [2.24, 2.45) is 4.99 Å². The van der Waals surface area contributed by atoms with Crippen molar-refractivity contribution >= 4 is 6.40 Å². The van der Waals surface area contributed by atoms with Crippen LogP contribution in [0.3, 0.4) is 0 Å². The van der Waals surface area contributed by atoms with Crippen LogP contribution in [0, 0.1) is 0 Å². The summed E-state index contributed by atoms with van der Waals surface area (Å²) in [6, 6.07) is 0.513. The molecule has 1 fully saturated rings. The fraction of sp³-hybridized carbons (Fsp3) is 0.857. The van der Waals surface area contributed by atoms with Gasteiger partial charge in [0.05, 0.1) is 6.04 Å². The van der Waals surface area contributed by atoms with Gasteiger partial charge < -0.3 is 4.74 Å². The minimum atomic E-state index is 0.443. The summed E-state index contributed by atoms with van der Waals surface area (Å²) in [5.74, 6) is 0. The van der Waals surface area contributed by atoms with Crippen LogP contribution in [-0.4, -0.2) is 18.5 Å². The molecule has 0 aromatic rings. The highest BCUT2D eigenvalue weighted by atomic mass is 16.5. The van der Waals surface area contributed by atoms with Crippen molar-refractivity contribution in [2.45, 2.75) is 37.8 Å². The van der Waals surface area contributed by atoms with E-state index in [1.165, 1.54) is 25.7 Å². The molecule has 1 saturated carbocycles. The summed E-state index contributed by atoms with van der Waals surface area (Å²) in [6.45, 7) is 0. The minimum absolute atomic E-state index is 0.443. The molecule has 9 heavy (non-hydrogen) atoms. The molecule has 1 aliphatic heterocycles. The van der Waals surface area contributed by atoms with Gasteiger partial charge >= 0.3 is 0 Å². The van der Waals surface area contributed by atoms with Gasteiger partial charge in [-0.1, -0.05) is 6.42 Å². The Morgan fingerprint density at radius 3 is 3.11 bits per heavy atom. The van der Waals surface area contributed by atoms with Gasteiger partial charge in [0, 0.05) is 0 Å². The topological polar surface area (TPSA) is 21.6 Å². The van der Waals surface area contributed by atoms with Crippen molar-refractivity contribution in [3.05, 3.63) is 0 Å². The smallest absolute Gasteiger partial charge is 0.170 e. The van der Waals surface area contributed by atoms with Crippen molar-refractivity contribution in [3.63, 3.8) is 0 Å². The number of rotatable bonds is 0. The van der Waals surface area contributed by atoms with Crippen molar-refractivity contribution in [1.29, 1.82) is 0 Å². The van der Waals surface area contributed by atoms with Gasteiger partial charge in [0.15, 0.2) is 6.40 Å². The quantitative estimate of drug-likeness (QED) is 0.479. The Morgan fingerprint density at radius 2 is 2.22 bits per heavy atom. The van der Waals surface area contributed by atoms with Gasteiger partial charge in [-0.2, -0.15) is 0 Å². The first-order valence-electron chi connectivity index (χ1n) is 3.64. The molecular weight excluding hydrogens is 114 g/mol. The van der Waals surface area contributed by atoms with E-state index in [1.54, 1.807) is 6.40 Å². The van der Waals surface area contributed by atoms with Crippen molar-refractivity contribution in [2.75, 3.05) is 0 Å². The number of hydrogen-bond donors (Lipinski definition) is 0. The summed E-state index contributed by atoms with van der Waals surface area (Å²) < 4.78 is 5.27. The van der Waals surface area contributed by atoms with Crippen LogP contribution < -0.4 is 0 Å². The van der Waals surface area contributed by atoms with E-state index in [1.807, 2.05) is 0 Å². The summed E-state index contributed by atoms with van der Waals surface area (Å²) in [4.78, 5) is 4.21. The van der Waals surface area contributed by atoms with Crippen LogP contribution in [0.5, 0.6) is 0 Å². The molecule has 1 aliphatic carbocycles. The second kappa shape index (κ2) is 2.01. The van der Waals surface area contributed by atoms with E-state index in [4.69, 9.17) is 4.74 Å². The summed E-state index contributed by atoms with van der Waals surface area (Å²) in [6.07, 6.45) is 7.18. The summed E-state index contributed by atoms with van der Waals surface area (Å²) in [5, 5.41) is 0. The van der Waals surface area contributed by atoms with Crippen molar-refractivity contribution in [1.82, 2.24) is 0 Å². The minimum Gasteiger partial charge on any atom is -0.478 e.